The van der Waals surface area contributed by atoms with Gasteiger partial charge in [-0.15, -0.1) is 0 Å². The number of nitrogens with one attached hydrogen (secondary N) is 4. The number of rotatable bonds is 6. The average molecular weight is 578 g/mol. The number of fused-ring (bicyclic) bond motifs is 1. The van der Waals surface area contributed by atoms with Crippen molar-refractivity contribution in [3.63, 3.8) is 0 Å². The summed E-state index contributed by atoms with van der Waals surface area (Å²) in [5.41, 5.74) is 9.17. The number of hydrogen-bond acceptors (Lipinski definition) is 10. The number of nitrogens with zero attached hydrogens (tertiary/aromatic N) is 4. The quantitative estimate of drug-likeness (QED) is 0.232. The highest BCUT2D eigenvalue weighted by atomic mass is 32.2. The third kappa shape index (κ3) is 6.11. The first-order valence-corrected chi connectivity index (χ1v) is 15.8. The first-order chi connectivity index (χ1) is 18.6. The van der Waals surface area contributed by atoms with Crippen LogP contribution in [0.2, 0.25) is 0 Å². The normalized spacial score (nSPS) is 38.7. The molecule has 6 N–H and O–H groups in total. The SMILES string of the molecule is CN1CCC(N(C)S(=O)(=O)C2CCN(C3C(F)CNCC3NC(=O)C3C(N)NN4CC(F)CNC34)CC2)CC1. The summed E-state index contributed by atoms with van der Waals surface area (Å²) in [7, 11) is 0.294. The van der Waals surface area contributed by atoms with E-state index in [2.05, 4.69) is 33.3 Å². The fourth-order valence-electron chi connectivity index (χ4n) is 7.02. The average Bonchev–Trinajstić information content (AvgIpc) is 3.23. The van der Waals surface area contributed by atoms with Gasteiger partial charge < -0.3 is 21.3 Å². The molecule has 5 aliphatic heterocycles. The minimum atomic E-state index is -3.46. The molecule has 0 radical (unpaired) electrons. The first-order valence-electron chi connectivity index (χ1n) is 14.3. The summed E-state index contributed by atoms with van der Waals surface area (Å²) in [5.74, 6) is -0.973. The van der Waals surface area contributed by atoms with Gasteiger partial charge in [-0.3, -0.25) is 15.0 Å². The number of halogens is 2. The van der Waals surface area contributed by atoms with E-state index >= 15 is 4.39 Å². The van der Waals surface area contributed by atoms with Gasteiger partial charge in [-0.1, -0.05) is 0 Å². The zero-order valence-electron chi connectivity index (χ0n) is 22.9. The Morgan fingerprint density at radius 1 is 1.05 bits per heavy atom. The lowest BCUT2D eigenvalue weighted by Gasteiger charge is -2.46. The van der Waals surface area contributed by atoms with Crippen LogP contribution < -0.4 is 27.1 Å². The van der Waals surface area contributed by atoms with Crippen molar-refractivity contribution in [2.75, 3.05) is 66.5 Å². The van der Waals surface area contributed by atoms with Gasteiger partial charge in [0.2, 0.25) is 15.9 Å². The van der Waals surface area contributed by atoms with Gasteiger partial charge >= 0.3 is 0 Å². The molecule has 12 nitrogen and oxygen atoms in total. The summed E-state index contributed by atoms with van der Waals surface area (Å²) in [6.07, 6.45) is -0.888. The highest BCUT2D eigenvalue weighted by Crippen LogP contribution is 2.29. The van der Waals surface area contributed by atoms with Crippen LogP contribution >= 0.6 is 0 Å². The summed E-state index contributed by atoms with van der Waals surface area (Å²) in [6, 6.07) is -1.05. The summed E-state index contributed by atoms with van der Waals surface area (Å²) in [4.78, 5) is 17.6. The molecule has 5 saturated heterocycles. The molecule has 224 valence electrons. The molecule has 7 unspecified atom stereocenters. The van der Waals surface area contributed by atoms with Crippen molar-refractivity contribution in [1.82, 2.24) is 40.5 Å². The van der Waals surface area contributed by atoms with Gasteiger partial charge in [0.1, 0.15) is 12.3 Å². The van der Waals surface area contributed by atoms with E-state index in [1.54, 1.807) is 16.4 Å². The number of sulfonamides is 1. The van der Waals surface area contributed by atoms with Crippen molar-refractivity contribution in [3.8, 4) is 0 Å². The number of likely N-dealkylation sites (tertiary alicyclic amines) is 2. The molecule has 0 aromatic rings. The largest absolute Gasteiger partial charge is 0.350 e. The fourth-order valence-corrected chi connectivity index (χ4v) is 8.92. The fraction of sp³-hybridized carbons (Fsp3) is 0.958. The van der Waals surface area contributed by atoms with Crippen LogP contribution in [0.1, 0.15) is 25.7 Å². The van der Waals surface area contributed by atoms with Gasteiger partial charge in [0.25, 0.3) is 0 Å². The highest BCUT2D eigenvalue weighted by molar-refractivity contribution is 7.89. The summed E-state index contributed by atoms with van der Waals surface area (Å²) < 4.78 is 57.6. The van der Waals surface area contributed by atoms with Crippen LogP contribution in [-0.2, 0) is 14.8 Å². The molecule has 39 heavy (non-hydrogen) atoms. The molecule has 5 heterocycles. The molecule has 0 aromatic heterocycles. The third-order valence-electron chi connectivity index (χ3n) is 9.36. The first kappa shape index (κ1) is 29.5. The van der Waals surface area contributed by atoms with E-state index < -0.39 is 57.9 Å². The van der Waals surface area contributed by atoms with E-state index in [1.807, 2.05) is 4.90 Å². The highest BCUT2D eigenvalue weighted by Gasteiger charge is 2.49. The molecule has 0 aromatic carbocycles. The molecule has 5 fully saturated rings. The van der Waals surface area contributed by atoms with Gasteiger partial charge in [-0.2, -0.15) is 0 Å². The van der Waals surface area contributed by atoms with E-state index in [4.69, 9.17) is 5.73 Å². The van der Waals surface area contributed by atoms with Crippen LogP contribution in [-0.4, -0.2) is 148 Å². The van der Waals surface area contributed by atoms with Gasteiger partial charge in [-0.25, -0.2) is 31.9 Å². The van der Waals surface area contributed by atoms with Crippen LogP contribution in [0.3, 0.4) is 0 Å². The number of hydrogen-bond donors (Lipinski definition) is 5. The zero-order chi connectivity index (χ0) is 27.9. The maximum Gasteiger partial charge on any atom is 0.229 e. The van der Waals surface area contributed by atoms with E-state index in [0.717, 1.165) is 25.9 Å². The molecule has 0 spiro atoms. The molecule has 1 amide bonds. The summed E-state index contributed by atoms with van der Waals surface area (Å²) in [5, 5.41) is 10.3. The number of nitrogens with two attached hydrogens (primary N) is 1. The number of alkyl halides is 2. The van der Waals surface area contributed by atoms with E-state index in [1.165, 1.54) is 0 Å². The molecule has 5 rings (SSSR count). The Balaban J connectivity index is 1.20. The van der Waals surface area contributed by atoms with Crippen LogP contribution in [0.25, 0.3) is 0 Å². The van der Waals surface area contributed by atoms with Crippen molar-refractivity contribution in [3.05, 3.63) is 0 Å². The third-order valence-corrected chi connectivity index (χ3v) is 11.8. The Labute approximate surface area is 230 Å². The van der Waals surface area contributed by atoms with Crippen LogP contribution in [0.4, 0.5) is 8.78 Å². The van der Waals surface area contributed by atoms with E-state index in [-0.39, 0.29) is 31.6 Å². The Morgan fingerprint density at radius 3 is 2.44 bits per heavy atom. The Kier molecular flexibility index (Phi) is 9.11. The van der Waals surface area contributed by atoms with Crippen LogP contribution in [0.5, 0.6) is 0 Å². The Hall–Kier alpha value is -1.04. The van der Waals surface area contributed by atoms with E-state index in [0.29, 0.717) is 32.5 Å². The Bertz CT molecular complexity index is 964. The second-order valence-corrected chi connectivity index (χ2v) is 14.2. The van der Waals surface area contributed by atoms with Gasteiger partial charge in [-0.05, 0) is 58.9 Å². The second kappa shape index (κ2) is 12.1. The molecule has 0 aliphatic carbocycles. The maximum atomic E-state index is 15.3. The molecule has 7 atom stereocenters. The second-order valence-electron chi connectivity index (χ2n) is 11.9. The number of carbonyl (C=O) groups excluding carboxylic acids is 1. The summed E-state index contributed by atoms with van der Waals surface area (Å²) >= 11 is 0. The van der Waals surface area contributed by atoms with Crippen LogP contribution in [0.15, 0.2) is 0 Å². The standard InChI is InChI=1S/C24H45F2N9O3S/c1-32-7-3-16(4-8-32)33(2)39(37,38)17-5-9-34(10-6-17)21-18(26)12-28-13-19(21)30-24(36)20-22(27)31-35-14-15(25)11-29-23(20)35/h15-23,28-29,31H,3-14,27H2,1-2H3,(H,30,36). The molecule has 5 aliphatic rings. The molecule has 0 saturated carbocycles. The van der Waals surface area contributed by atoms with Crippen molar-refractivity contribution in [2.24, 2.45) is 11.7 Å². The molecule has 15 heteroatoms. The molecule has 0 bridgehead atoms. The predicted molar refractivity (Wildman–Crippen MR) is 143 cm³/mol. The predicted octanol–water partition coefficient (Wildman–Crippen LogP) is -2.41. The minimum absolute atomic E-state index is 0.0188. The minimum Gasteiger partial charge on any atom is -0.350 e. The van der Waals surface area contributed by atoms with Gasteiger partial charge in [0.05, 0.1) is 35.6 Å². The monoisotopic (exact) mass is 577 g/mol. The number of hydrazine groups is 1. The van der Waals surface area contributed by atoms with Crippen molar-refractivity contribution in [2.45, 2.75) is 73.7 Å². The zero-order valence-corrected chi connectivity index (χ0v) is 23.8. The maximum absolute atomic E-state index is 15.3. The Morgan fingerprint density at radius 2 is 1.74 bits per heavy atom. The smallest absolute Gasteiger partial charge is 0.229 e. The van der Waals surface area contributed by atoms with Crippen molar-refractivity contribution in [1.29, 1.82) is 0 Å². The lowest BCUT2D eigenvalue weighted by atomic mass is 9.93. The molecular formula is C24H45F2N9O3S. The lowest BCUT2D eigenvalue weighted by molar-refractivity contribution is -0.128. The summed E-state index contributed by atoms with van der Waals surface area (Å²) in [6.45, 7) is 3.52. The van der Waals surface area contributed by atoms with Crippen molar-refractivity contribution >= 4 is 15.9 Å². The molecular weight excluding hydrogens is 532 g/mol. The van der Waals surface area contributed by atoms with E-state index in [9.17, 15) is 17.6 Å². The van der Waals surface area contributed by atoms with Crippen molar-refractivity contribution < 1.29 is 22.0 Å². The lowest BCUT2D eigenvalue weighted by Crippen LogP contribution is -2.67. The topological polar surface area (TPSA) is 138 Å². The van der Waals surface area contributed by atoms with Gasteiger partial charge in [0, 0.05) is 39.3 Å². The number of amides is 1. The van der Waals surface area contributed by atoms with Gasteiger partial charge in [0.15, 0.2) is 0 Å². The van der Waals surface area contributed by atoms with Crippen LogP contribution in [0, 0.1) is 5.92 Å². The number of piperidine rings is 3. The number of carbonyl (C=O) groups is 1.